The molecule has 0 N–H and O–H groups in total. The molecule has 10 nitrogen and oxygen atoms in total. The molecule has 190 valence electrons. The number of carbonyl (C=O) groups excluding carboxylic acids is 1. The van der Waals surface area contributed by atoms with Gasteiger partial charge in [-0.3, -0.25) is 9.59 Å². The SMILES string of the molecule is O=C(Cn1nnc2ccc(-c3ccc(OC(F)(F)F)cc3)cc2c1=O)N1CCN(c2ncccn2)CC1. The second kappa shape index (κ2) is 9.84. The highest BCUT2D eigenvalue weighted by Crippen LogP contribution is 2.27. The normalized spacial score (nSPS) is 14.1. The van der Waals surface area contributed by atoms with Crippen LogP contribution in [0.3, 0.4) is 0 Å². The molecule has 3 heterocycles. The van der Waals surface area contributed by atoms with Crippen molar-refractivity contribution in [2.75, 3.05) is 31.1 Å². The van der Waals surface area contributed by atoms with Gasteiger partial charge in [0, 0.05) is 38.6 Å². The van der Waals surface area contributed by atoms with E-state index < -0.39 is 11.9 Å². The van der Waals surface area contributed by atoms with Crippen LogP contribution in [0.5, 0.6) is 5.75 Å². The van der Waals surface area contributed by atoms with Crippen molar-refractivity contribution in [3.05, 3.63) is 71.3 Å². The van der Waals surface area contributed by atoms with E-state index in [1.165, 1.54) is 24.3 Å². The number of amides is 1. The second-order valence-corrected chi connectivity index (χ2v) is 8.27. The van der Waals surface area contributed by atoms with E-state index in [9.17, 15) is 22.8 Å². The largest absolute Gasteiger partial charge is 0.573 e. The fourth-order valence-corrected chi connectivity index (χ4v) is 4.05. The monoisotopic (exact) mass is 511 g/mol. The Morgan fingerprint density at radius 1 is 0.946 bits per heavy atom. The van der Waals surface area contributed by atoms with Crippen LogP contribution in [-0.2, 0) is 11.3 Å². The number of hydrogen-bond acceptors (Lipinski definition) is 8. The molecule has 1 aliphatic rings. The summed E-state index contributed by atoms with van der Waals surface area (Å²) in [7, 11) is 0. The molecule has 0 saturated carbocycles. The van der Waals surface area contributed by atoms with Crippen LogP contribution in [0.25, 0.3) is 22.0 Å². The Bertz CT molecular complexity index is 1470. The predicted octanol–water partition coefficient (Wildman–Crippen LogP) is 2.50. The molecule has 1 amide bonds. The Labute approximate surface area is 207 Å². The van der Waals surface area contributed by atoms with Crippen LogP contribution in [0.15, 0.2) is 65.7 Å². The number of nitrogens with zero attached hydrogens (tertiary/aromatic N) is 7. The molecule has 1 saturated heterocycles. The number of anilines is 1. The number of benzene rings is 2. The van der Waals surface area contributed by atoms with E-state index in [0.717, 1.165) is 4.68 Å². The van der Waals surface area contributed by atoms with Crippen molar-refractivity contribution < 1.29 is 22.7 Å². The number of halogens is 3. The standard InChI is InChI=1S/C24H20F3N7O3/c25-24(26,27)37-18-5-2-16(3-6-18)17-4-7-20-19(14-17)22(36)34(31-30-20)15-21(35)32-10-12-33(13-11-32)23-28-8-1-9-29-23/h1-9,14H,10-13,15H2. The Morgan fingerprint density at radius 3 is 2.30 bits per heavy atom. The first-order valence-corrected chi connectivity index (χ1v) is 11.3. The van der Waals surface area contributed by atoms with Crippen molar-refractivity contribution >= 4 is 22.8 Å². The van der Waals surface area contributed by atoms with Crippen LogP contribution in [-0.4, -0.2) is 68.3 Å². The van der Waals surface area contributed by atoms with Gasteiger partial charge >= 0.3 is 6.36 Å². The fourth-order valence-electron chi connectivity index (χ4n) is 4.05. The Balaban J connectivity index is 1.30. The highest BCUT2D eigenvalue weighted by atomic mass is 19.4. The molecule has 4 aromatic rings. The highest BCUT2D eigenvalue weighted by Gasteiger charge is 2.31. The minimum Gasteiger partial charge on any atom is -0.406 e. The minimum absolute atomic E-state index is 0.238. The van der Waals surface area contributed by atoms with E-state index in [0.29, 0.717) is 48.8 Å². The summed E-state index contributed by atoms with van der Waals surface area (Å²) in [5, 5.41) is 8.20. The van der Waals surface area contributed by atoms with Crippen molar-refractivity contribution in [1.82, 2.24) is 29.9 Å². The van der Waals surface area contributed by atoms with Crippen LogP contribution in [0.4, 0.5) is 19.1 Å². The van der Waals surface area contributed by atoms with Gasteiger partial charge in [-0.15, -0.1) is 18.3 Å². The van der Waals surface area contributed by atoms with E-state index in [-0.39, 0.29) is 23.6 Å². The summed E-state index contributed by atoms with van der Waals surface area (Å²) in [4.78, 5) is 38.1. The van der Waals surface area contributed by atoms with E-state index in [1.54, 1.807) is 41.6 Å². The van der Waals surface area contributed by atoms with Crippen molar-refractivity contribution in [2.24, 2.45) is 0 Å². The van der Waals surface area contributed by atoms with E-state index in [1.807, 2.05) is 4.90 Å². The van der Waals surface area contributed by atoms with Crippen LogP contribution in [0, 0.1) is 0 Å². The summed E-state index contributed by atoms with van der Waals surface area (Å²) in [5.74, 6) is -0.00812. The van der Waals surface area contributed by atoms with Gasteiger partial charge in [-0.1, -0.05) is 23.4 Å². The Morgan fingerprint density at radius 2 is 1.62 bits per heavy atom. The van der Waals surface area contributed by atoms with Gasteiger partial charge in [-0.25, -0.2) is 14.6 Å². The first-order valence-electron chi connectivity index (χ1n) is 11.3. The van der Waals surface area contributed by atoms with Crippen LogP contribution in [0.2, 0.25) is 0 Å². The van der Waals surface area contributed by atoms with E-state index in [2.05, 4.69) is 25.0 Å². The Hall–Kier alpha value is -4.55. The molecule has 5 rings (SSSR count). The molecule has 2 aromatic carbocycles. The summed E-state index contributed by atoms with van der Waals surface area (Å²) in [6, 6.07) is 11.9. The molecule has 0 atom stereocenters. The summed E-state index contributed by atoms with van der Waals surface area (Å²) in [6.45, 7) is 1.75. The number of carbonyl (C=O) groups is 1. The van der Waals surface area contributed by atoms with Crippen LogP contribution < -0.4 is 15.2 Å². The molecule has 0 radical (unpaired) electrons. The molecule has 1 aliphatic heterocycles. The number of aromatic nitrogens is 5. The number of ether oxygens (including phenoxy) is 1. The number of fused-ring (bicyclic) bond motifs is 1. The van der Waals surface area contributed by atoms with Gasteiger partial charge in [0.2, 0.25) is 11.9 Å². The molecule has 0 unspecified atom stereocenters. The molecule has 2 aromatic heterocycles. The van der Waals surface area contributed by atoms with Gasteiger partial charge in [0.25, 0.3) is 5.56 Å². The zero-order valence-electron chi connectivity index (χ0n) is 19.3. The lowest BCUT2D eigenvalue weighted by molar-refractivity contribution is -0.274. The topological polar surface area (TPSA) is 106 Å². The van der Waals surface area contributed by atoms with Crippen molar-refractivity contribution in [3.63, 3.8) is 0 Å². The molecule has 0 spiro atoms. The van der Waals surface area contributed by atoms with Gasteiger partial charge in [-0.2, -0.15) is 0 Å². The third-order valence-electron chi connectivity index (χ3n) is 5.90. The van der Waals surface area contributed by atoms with Gasteiger partial charge < -0.3 is 14.5 Å². The third-order valence-corrected chi connectivity index (χ3v) is 5.90. The minimum atomic E-state index is -4.78. The van der Waals surface area contributed by atoms with Gasteiger partial charge in [-0.05, 0) is 41.5 Å². The average molecular weight is 511 g/mol. The lowest BCUT2D eigenvalue weighted by Crippen LogP contribution is -2.50. The molecule has 0 bridgehead atoms. The summed E-state index contributed by atoms with van der Waals surface area (Å²) >= 11 is 0. The smallest absolute Gasteiger partial charge is 0.406 e. The maximum absolute atomic E-state index is 13.1. The fraction of sp³-hybridized carbons (Fsp3) is 0.250. The zero-order chi connectivity index (χ0) is 26.0. The quantitative estimate of drug-likeness (QED) is 0.403. The Kier molecular flexibility index (Phi) is 6.42. The first-order chi connectivity index (χ1) is 17.8. The van der Waals surface area contributed by atoms with Crippen LogP contribution >= 0.6 is 0 Å². The number of hydrogen-bond donors (Lipinski definition) is 0. The van der Waals surface area contributed by atoms with Crippen molar-refractivity contribution in [1.29, 1.82) is 0 Å². The molecule has 1 fully saturated rings. The lowest BCUT2D eigenvalue weighted by Gasteiger charge is -2.34. The molecule has 37 heavy (non-hydrogen) atoms. The molecular formula is C24H20F3N7O3. The molecule has 0 aliphatic carbocycles. The third kappa shape index (κ3) is 5.50. The van der Waals surface area contributed by atoms with Crippen LogP contribution in [0.1, 0.15) is 0 Å². The van der Waals surface area contributed by atoms with E-state index >= 15 is 0 Å². The summed E-state index contributed by atoms with van der Waals surface area (Å²) in [6.07, 6.45) is -1.46. The highest BCUT2D eigenvalue weighted by molar-refractivity contribution is 5.84. The average Bonchev–Trinajstić information content (AvgIpc) is 2.90. The zero-order valence-corrected chi connectivity index (χ0v) is 19.3. The number of rotatable bonds is 5. The van der Waals surface area contributed by atoms with E-state index in [4.69, 9.17) is 0 Å². The van der Waals surface area contributed by atoms with Crippen molar-refractivity contribution in [3.8, 4) is 16.9 Å². The predicted molar refractivity (Wildman–Crippen MR) is 127 cm³/mol. The molecule has 13 heteroatoms. The van der Waals surface area contributed by atoms with Gasteiger partial charge in [0.05, 0.1) is 5.39 Å². The summed E-state index contributed by atoms with van der Waals surface area (Å²) in [5.41, 5.74) is 1.02. The maximum Gasteiger partial charge on any atom is 0.573 e. The number of piperazine rings is 1. The molecular weight excluding hydrogens is 491 g/mol. The lowest BCUT2D eigenvalue weighted by atomic mass is 10.0. The van der Waals surface area contributed by atoms with Crippen molar-refractivity contribution in [2.45, 2.75) is 12.9 Å². The maximum atomic E-state index is 13.1. The summed E-state index contributed by atoms with van der Waals surface area (Å²) < 4.78 is 42.1. The van der Waals surface area contributed by atoms with Gasteiger partial charge in [0.15, 0.2) is 0 Å². The first kappa shape index (κ1) is 24.2. The second-order valence-electron chi connectivity index (χ2n) is 8.27. The van der Waals surface area contributed by atoms with Gasteiger partial charge in [0.1, 0.15) is 17.8 Å². The number of alkyl halides is 3.